The lowest BCUT2D eigenvalue weighted by Crippen LogP contribution is -2.49. The Hall–Kier alpha value is -3.65. The average Bonchev–Trinajstić information content (AvgIpc) is 2.79. The molecule has 1 aromatic carbocycles. The Morgan fingerprint density at radius 3 is 2.43 bits per heavy atom. The predicted octanol–water partition coefficient (Wildman–Crippen LogP) is 2.84. The highest BCUT2D eigenvalue weighted by molar-refractivity contribution is 5.94. The Morgan fingerprint density at radius 1 is 0.857 bits per heavy atom. The minimum atomic E-state index is 0.0469. The molecule has 1 saturated heterocycles. The molecule has 5 nitrogen and oxygen atoms in total. The van der Waals surface area contributed by atoms with Crippen LogP contribution in [0.25, 0.3) is 0 Å². The third-order valence-corrected chi connectivity index (χ3v) is 4.66. The molecule has 0 radical (unpaired) electrons. The van der Waals surface area contributed by atoms with Crippen LogP contribution in [0.5, 0.6) is 0 Å². The van der Waals surface area contributed by atoms with Gasteiger partial charge >= 0.3 is 0 Å². The first-order valence-electron chi connectivity index (χ1n) is 9.27. The Bertz CT molecular complexity index is 1000. The second-order valence-corrected chi connectivity index (χ2v) is 6.54. The van der Waals surface area contributed by atoms with Gasteiger partial charge in [0.1, 0.15) is 5.82 Å². The lowest BCUT2D eigenvalue weighted by molar-refractivity contribution is 0.0746. The van der Waals surface area contributed by atoms with Gasteiger partial charge < -0.3 is 9.80 Å². The van der Waals surface area contributed by atoms with Gasteiger partial charge in [-0.2, -0.15) is 0 Å². The zero-order valence-electron chi connectivity index (χ0n) is 15.5. The van der Waals surface area contributed by atoms with Crippen molar-refractivity contribution in [1.82, 2.24) is 14.9 Å². The van der Waals surface area contributed by atoms with Crippen LogP contribution in [0.4, 0.5) is 5.82 Å². The summed E-state index contributed by atoms with van der Waals surface area (Å²) in [6.07, 6.45) is 5.24. The molecule has 2 aromatic heterocycles. The molecule has 0 saturated carbocycles. The van der Waals surface area contributed by atoms with E-state index in [2.05, 4.69) is 26.7 Å². The van der Waals surface area contributed by atoms with Crippen molar-refractivity contribution in [3.8, 4) is 11.8 Å². The van der Waals surface area contributed by atoms with E-state index in [1.807, 2.05) is 59.5 Å². The number of benzene rings is 1. The first kappa shape index (κ1) is 17.7. The van der Waals surface area contributed by atoms with Gasteiger partial charge in [-0.05, 0) is 42.5 Å². The maximum atomic E-state index is 12.9. The molecule has 4 rings (SSSR count). The molecular formula is C23H20N4O. The maximum absolute atomic E-state index is 12.9. The van der Waals surface area contributed by atoms with Gasteiger partial charge in [-0.3, -0.25) is 9.78 Å². The average molecular weight is 368 g/mol. The molecule has 28 heavy (non-hydrogen) atoms. The first-order valence-corrected chi connectivity index (χ1v) is 9.27. The van der Waals surface area contributed by atoms with E-state index in [1.165, 1.54) is 0 Å². The smallest absolute Gasteiger partial charge is 0.254 e. The van der Waals surface area contributed by atoms with Gasteiger partial charge in [0.25, 0.3) is 5.91 Å². The molecule has 0 spiro atoms. The number of hydrogen-bond acceptors (Lipinski definition) is 4. The molecular weight excluding hydrogens is 348 g/mol. The van der Waals surface area contributed by atoms with Crippen LogP contribution in [0, 0.1) is 11.8 Å². The summed E-state index contributed by atoms with van der Waals surface area (Å²) in [5, 5.41) is 0. The van der Waals surface area contributed by atoms with Crippen LogP contribution in [0.15, 0.2) is 73.2 Å². The quantitative estimate of drug-likeness (QED) is 0.653. The van der Waals surface area contributed by atoms with E-state index in [-0.39, 0.29) is 5.91 Å². The van der Waals surface area contributed by atoms with E-state index < -0.39 is 0 Å². The number of carbonyl (C=O) groups is 1. The van der Waals surface area contributed by atoms with Gasteiger partial charge in [0.2, 0.25) is 0 Å². The third kappa shape index (κ3) is 4.18. The highest BCUT2D eigenvalue weighted by atomic mass is 16.2. The van der Waals surface area contributed by atoms with Gasteiger partial charge in [0.15, 0.2) is 0 Å². The van der Waals surface area contributed by atoms with Gasteiger partial charge in [0, 0.05) is 61.5 Å². The van der Waals surface area contributed by atoms with Crippen molar-refractivity contribution in [2.45, 2.75) is 0 Å². The summed E-state index contributed by atoms with van der Waals surface area (Å²) in [6, 6.07) is 17.2. The topological polar surface area (TPSA) is 49.3 Å². The SMILES string of the molecule is O=C(c1cccc(C#Cc2cccnc2)c1)N1CCN(c2ccccn2)CC1. The van der Waals surface area contributed by atoms with Crippen molar-refractivity contribution < 1.29 is 4.79 Å². The highest BCUT2D eigenvalue weighted by Crippen LogP contribution is 2.15. The summed E-state index contributed by atoms with van der Waals surface area (Å²) in [5.41, 5.74) is 2.34. The second kappa shape index (κ2) is 8.36. The van der Waals surface area contributed by atoms with Crippen LogP contribution < -0.4 is 4.90 Å². The predicted molar refractivity (Wildman–Crippen MR) is 109 cm³/mol. The van der Waals surface area contributed by atoms with Crippen molar-refractivity contribution in [3.63, 3.8) is 0 Å². The molecule has 5 heteroatoms. The summed E-state index contributed by atoms with van der Waals surface area (Å²) in [7, 11) is 0. The number of rotatable bonds is 2. The van der Waals surface area contributed by atoms with Crippen molar-refractivity contribution >= 4 is 11.7 Å². The Labute approximate surface area is 164 Å². The number of pyridine rings is 2. The van der Waals surface area contributed by atoms with Gasteiger partial charge in [-0.15, -0.1) is 0 Å². The molecule has 0 N–H and O–H groups in total. The van der Waals surface area contributed by atoms with Crippen LogP contribution in [0.3, 0.4) is 0 Å². The van der Waals surface area contributed by atoms with E-state index in [0.717, 1.165) is 30.0 Å². The number of piperazine rings is 1. The van der Waals surface area contributed by atoms with E-state index in [1.54, 1.807) is 18.6 Å². The number of hydrogen-bond donors (Lipinski definition) is 0. The second-order valence-electron chi connectivity index (χ2n) is 6.54. The van der Waals surface area contributed by atoms with Crippen LogP contribution in [0.2, 0.25) is 0 Å². The van der Waals surface area contributed by atoms with Crippen LogP contribution in [-0.2, 0) is 0 Å². The molecule has 0 aliphatic carbocycles. The van der Waals surface area contributed by atoms with Gasteiger partial charge in [-0.25, -0.2) is 4.98 Å². The van der Waals surface area contributed by atoms with Crippen LogP contribution in [0.1, 0.15) is 21.5 Å². The number of anilines is 1. The number of aromatic nitrogens is 2. The standard InChI is InChI=1S/C23H20N4O/c28-23(27-15-13-26(14-16-27)22-8-1-2-12-25-22)21-7-3-5-19(17-21)9-10-20-6-4-11-24-18-20/h1-8,11-12,17-18H,13-16H2. The number of nitrogens with zero attached hydrogens (tertiary/aromatic N) is 4. The van der Waals surface area contributed by atoms with E-state index in [9.17, 15) is 4.79 Å². The van der Waals surface area contributed by atoms with E-state index >= 15 is 0 Å². The number of carbonyl (C=O) groups excluding carboxylic acids is 1. The Morgan fingerprint density at radius 2 is 1.68 bits per heavy atom. The summed E-state index contributed by atoms with van der Waals surface area (Å²) in [5.74, 6) is 7.20. The highest BCUT2D eigenvalue weighted by Gasteiger charge is 2.22. The summed E-state index contributed by atoms with van der Waals surface area (Å²) in [6.45, 7) is 2.93. The molecule has 3 heterocycles. The molecule has 0 bridgehead atoms. The molecule has 3 aromatic rings. The first-order chi connectivity index (χ1) is 13.8. The molecule has 1 aliphatic rings. The molecule has 1 fully saturated rings. The summed E-state index contributed by atoms with van der Waals surface area (Å²) in [4.78, 5) is 25.5. The fourth-order valence-corrected chi connectivity index (χ4v) is 3.17. The van der Waals surface area contributed by atoms with Crippen LogP contribution in [-0.4, -0.2) is 47.0 Å². The molecule has 138 valence electrons. The zero-order chi connectivity index (χ0) is 19.2. The van der Waals surface area contributed by atoms with Gasteiger partial charge in [0.05, 0.1) is 0 Å². The molecule has 0 unspecified atom stereocenters. The fraction of sp³-hybridized carbons (Fsp3) is 0.174. The lowest BCUT2D eigenvalue weighted by Gasteiger charge is -2.35. The van der Waals surface area contributed by atoms with Gasteiger partial charge in [-0.1, -0.05) is 24.0 Å². The molecule has 0 atom stereocenters. The number of amides is 1. The van der Waals surface area contributed by atoms with Crippen molar-refractivity contribution in [1.29, 1.82) is 0 Å². The van der Waals surface area contributed by atoms with Crippen molar-refractivity contribution in [3.05, 3.63) is 89.9 Å². The van der Waals surface area contributed by atoms with Crippen molar-refractivity contribution in [2.24, 2.45) is 0 Å². The molecule has 1 amide bonds. The van der Waals surface area contributed by atoms with E-state index in [0.29, 0.717) is 18.7 Å². The monoisotopic (exact) mass is 368 g/mol. The largest absolute Gasteiger partial charge is 0.353 e. The fourth-order valence-electron chi connectivity index (χ4n) is 3.17. The Kier molecular flexibility index (Phi) is 5.30. The third-order valence-electron chi connectivity index (χ3n) is 4.66. The summed E-state index contributed by atoms with van der Waals surface area (Å²) < 4.78 is 0. The molecule has 1 aliphatic heterocycles. The lowest BCUT2D eigenvalue weighted by atomic mass is 10.1. The zero-order valence-corrected chi connectivity index (χ0v) is 15.5. The van der Waals surface area contributed by atoms with E-state index in [4.69, 9.17) is 0 Å². The van der Waals surface area contributed by atoms with Crippen molar-refractivity contribution in [2.75, 3.05) is 31.1 Å². The summed E-state index contributed by atoms with van der Waals surface area (Å²) >= 11 is 0. The minimum absolute atomic E-state index is 0.0469. The minimum Gasteiger partial charge on any atom is -0.353 e. The van der Waals surface area contributed by atoms with Crippen LogP contribution >= 0.6 is 0 Å². The normalized spacial score (nSPS) is 13.6. The Balaban J connectivity index is 1.42. The maximum Gasteiger partial charge on any atom is 0.254 e.